The van der Waals surface area contributed by atoms with Crippen molar-refractivity contribution in [3.63, 3.8) is 0 Å². The second kappa shape index (κ2) is 6.69. The molecule has 20 heavy (non-hydrogen) atoms. The van der Waals surface area contributed by atoms with Gasteiger partial charge >= 0.3 is 0 Å². The number of hydrogen-bond acceptors (Lipinski definition) is 4. The summed E-state index contributed by atoms with van der Waals surface area (Å²) in [5, 5.41) is 13.1. The van der Waals surface area contributed by atoms with Crippen LogP contribution in [0, 0.1) is 0 Å². The van der Waals surface area contributed by atoms with Gasteiger partial charge in [-0.25, -0.2) is 13.1 Å². The largest absolute Gasteiger partial charge is 0.392 e. The molecule has 4 nitrogen and oxygen atoms in total. The molecule has 1 aromatic carbocycles. The van der Waals surface area contributed by atoms with Gasteiger partial charge in [0.2, 0.25) is 10.0 Å². The molecule has 0 saturated heterocycles. The Balaban J connectivity index is 2.09. The molecule has 0 aliphatic carbocycles. The fourth-order valence-electron chi connectivity index (χ4n) is 1.69. The van der Waals surface area contributed by atoms with Gasteiger partial charge in [-0.05, 0) is 46.5 Å². The number of thiophene rings is 1. The van der Waals surface area contributed by atoms with Crippen molar-refractivity contribution in [2.24, 2.45) is 0 Å². The second-order valence-corrected chi connectivity index (χ2v) is 7.12. The summed E-state index contributed by atoms with van der Waals surface area (Å²) in [6.07, 6.45) is 0.625. The van der Waals surface area contributed by atoms with Crippen LogP contribution in [0.15, 0.2) is 39.9 Å². The highest BCUT2D eigenvalue weighted by Gasteiger charge is 2.17. The molecule has 2 rings (SSSR count). The van der Waals surface area contributed by atoms with Gasteiger partial charge in [0, 0.05) is 6.54 Å². The Kier molecular flexibility index (Phi) is 5.17. The first-order chi connectivity index (χ1) is 9.53. The van der Waals surface area contributed by atoms with Gasteiger partial charge in [-0.1, -0.05) is 17.7 Å². The summed E-state index contributed by atoms with van der Waals surface area (Å²) in [4.78, 5) is -0.00367. The number of aliphatic hydroxyl groups is 1. The SMILES string of the molecule is O=S(=O)(NCCc1ccsc1)c1cc(CO)ccc1Cl. The van der Waals surface area contributed by atoms with Crippen molar-refractivity contribution in [1.82, 2.24) is 4.72 Å². The first kappa shape index (κ1) is 15.5. The zero-order chi connectivity index (χ0) is 14.6. The third kappa shape index (κ3) is 3.80. The van der Waals surface area contributed by atoms with E-state index in [1.807, 2.05) is 16.8 Å². The van der Waals surface area contributed by atoms with Crippen molar-refractivity contribution in [2.75, 3.05) is 6.54 Å². The summed E-state index contributed by atoms with van der Waals surface area (Å²) >= 11 is 7.49. The minimum atomic E-state index is -3.67. The van der Waals surface area contributed by atoms with Crippen LogP contribution in [-0.4, -0.2) is 20.1 Å². The van der Waals surface area contributed by atoms with E-state index < -0.39 is 10.0 Å². The maximum Gasteiger partial charge on any atom is 0.242 e. The molecule has 0 unspecified atom stereocenters. The van der Waals surface area contributed by atoms with E-state index in [-0.39, 0.29) is 16.5 Å². The van der Waals surface area contributed by atoms with Gasteiger partial charge in [-0.3, -0.25) is 0 Å². The molecule has 0 fully saturated rings. The van der Waals surface area contributed by atoms with Crippen LogP contribution in [0.2, 0.25) is 5.02 Å². The van der Waals surface area contributed by atoms with Gasteiger partial charge in [0.05, 0.1) is 11.6 Å². The molecule has 0 bridgehead atoms. The van der Waals surface area contributed by atoms with E-state index in [1.165, 1.54) is 12.1 Å². The van der Waals surface area contributed by atoms with Gasteiger partial charge in [0.1, 0.15) is 4.90 Å². The average molecular weight is 332 g/mol. The van der Waals surface area contributed by atoms with E-state index in [4.69, 9.17) is 16.7 Å². The quantitative estimate of drug-likeness (QED) is 0.854. The molecule has 7 heteroatoms. The normalized spacial score (nSPS) is 11.7. The van der Waals surface area contributed by atoms with Gasteiger partial charge in [0.15, 0.2) is 0 Å². The molecule has 1 heterocycles. The molecule has 0 atom stereocenters. The number of hydrogen-bond donors (Lipinski definition) is 2. The highest BCUT2D eigenvalue weighted by atomic mass is 35.5. The molecule has 108 valence electrons. The standard InChI is InChI=1S/C13H14ClNO3S2/c14-12-2-1-11(8-16)7-13(12)20(17,18)15-5-3-10-4-6-19-9-10/h1-2,4,6-7,9,15-16H,3,5,8H2. The summed E-state index contributed by atoms with van der Waals surface area (Å²) in [6.45, 7) is 0.0767. The average Bonchev–Trinajstić information content (AvgIpc) is 2.92. The molecule has 2 N–H and O–H groups in total. The smallest absolute Gasteiger partial charge is 0.242 e. The van der Waals surface area contributed by atoms with E-state index in [0.29, 0.717) is 18.5 Å². The van der Waals surface area contributed by atoms with Crippen molar-refractivity contribution in [2.45, 2.75) is 17.9 Å². The lowest BCUT2D eigenvalue weighted by Gasteiger charge is -2.09. The van der Waals surface area contributed by atoms with E-state index in [9.17, 15) is 8.42 Å². The van der Waals surface area contributed by atoms with Crippen LogP contribution in [0.3, 0.4) is 0 Å². The summed E-state index contributed by atoms with van der Waals surface area (Å²) in [5.41, 5.74) is 1.60. The molecule has 2 aromatic rings. The van der Waals surface area contributed by atoms with Crippen molar-refractivity contribution in [1.29, 1.82) is 0 Å². The maximum atomic E-state index is 12.2. The predicted octanol–water partition coefficient (Wildman–Crippen LogP) is 2.41. The van der Waals surface area contributed by atoms with Gasteiger partial charge in [0.25, 0.3) is 0 Å². The zero-order valence-corrected chi connectivity index (χ0v) is 12.9. The van der Waals surface area contributed by atoms with E-state index in [1.54, 1.807) is 17.4 Å². The van der Waals surface area contributed by atoms with Crippen LogP contribution < -0.4 is 4.72 Å². The Hall–Kier alpha value is -0.920. The molecule has 0 aliphatic rings. The number of nitrogens with one attached hydrogen (secondary N) is 1. The number of rotatable bonds is 6. The van der Waals surface area contributed by atoms with Crippen molar-refractivity contribution in [3.05, 3.63) is 51.2 Å². The Morgan fingerprint density at radius 1 is 1.25 bits per heavy atom. The Bertz CT molecular complexity index is 669. The lowest BCUT2D eigenvalue weighted by atomic mass is 10.2. The van der Waals surface area contributed by atoms with Crippen LogP contribution in [0.25, 0.3) is 0 Å². The monoisotopic (exact) mass is 331 g/mol. The molecule has 0 aliphatic heterocycles. The van der Waals surface area contributed by atoms with E-state index >= 15 is 0 Å². The van der Waals surface area contributed by atoms with Gasteiger partial charge in [-0.2, -0.15) is 11.3 Å². The first-order valence-corrected chi connectivity index (χ1v) is 8.73. The third-order valence-corrected chi connectivity index (χ3v) is 5.43. The Morgan fingerprint density at radius 3 is 2.70 bits per heavy atom. The molecule has 1 aromatic heterocycles. The minimum absolute atomic E-state index is 0.00367. The minimum Gasteiger partial charge on any atom is -0.392 e. The Morgan fingerprint density at radius 2 is 2.05 bits per heavy atom. The van der Waals surface area contributed by atoms with Crippen LogP contribution in [0.1, 0.15) is 11.1 Å². The number of aliphatic hydroxyl groups excluding tert-OH is 1. The molecule has 0 radical (unpaired) electrons. The number of halogens is 1. The molecule has 0 spiro atoms. The van der Waals surface area contributed by atoms with E-state index in [2.05, 4.69) is 4.72 Å². The number of benzene rings is 1. The van der Waals surface area contributed by atoms with Crippen LogP contribution in [-0.2, 0) is 23.1 Å². The highest BCUT2D eigenvalue weighted by Crippen LogP contribution is 2.22. The fraction of sp³-hybridized carbons (Fsp3) is 0.231. The second-order valence-electron chi connectivity index (χ2n) is 4.20. The molecule has 0 saturated carbocycles. The van der Waals surface area contributed by atoms with Crippen molar-refractivity contribution >= 4 is 33.0 Å². The van der Waals surface area contributed by atoms with Crippen molar-refractivity contribution < 1.29 is 13.5 Å². The maximum absolute atomic E-state index is 12.2. The fourth-order valence-corrected chi connectivity index (χ4v) is 3.98. The van der Waals surface area contributed by atoms with Gasteiger partial charge < -0.3 is 5.11 Å². The number of sulfonamides is 1. The van der Waals surface area contributed by atoms with Gasteiger partial charge in [-0.15, -0.1) is 0 Å². The Labute approximate surface area is 127 Å². The summed E-state index contributed by atoms with van der Waals surface area (Å²) in [7, 11) is -3.67. The first-order valence-electron chi connectivity index (χ1n) is 5.93. The third-order valence-electron chi connectivity index (χ3n) is 2.75. The topological polar surface area (TPSA) is 66.4 Å². The molecular formula is C13H14ClNO3S2. The highest BCUT2D eigenvalue weighted by molar-refractivity contribution is 7.89. The van der Waals surface area contributed by atoms with Crippen molar-refractivity contribution in [3.8, 4) is 0 Å². The summed E-state index contributed by atoms with van der Waals surface area (Å²) in [5.74, 6) is 0. The van der Waals surface area contributed by atoms with Crippen LogP contribution in [0.5, 0.6) is 0 Å². The zero-order valence-electron chi connectivity index (χ0n) is 10.5. The lowest BCUT2D eigenvalue weighted by Crippen LogP contribution is -2.26. The summed E-state index contributed by atoms with van der Waals surface area (Å²) < 4.78 is 26.9. The van der Waals surface area contributed by atoms with E-state index in [0.717, 1.165) is 5.56 Å². The molecule has 0 amide bonds. The van der Waals surface area contributed by atoms with Crippen LogP contribution in [0.4, 0.5) is 0 Å². The van der Waals surface area contributed by atoms with Crippen LogP contribution >= 0.6 is 22.9 Å². The summed E-state index contributed by atoms with van der Waals surface area (Å²) in [6, 6.07) is 6.40. The lowest BCUT2D eigenvalue weighted by molar-refractivity contribution is 0.281. The molecular weight excluding hydrogens is 318 g/mol. The predicted molar refractivity (Wildman–Crippen MR) is 80.6 cm³/mol.